The molecule has 0 aliphatic heterocycles. The van der Waals surface area contributed by atoms with E-state index in [2.05, 4.69) is 12.6 Å². The van der Waals surface area contributed by atoms with Crippen molar-refractivity contribution >= 4 is 11.8 Å². The van der Waals surface area contributed by atoms with E-state index in [0.29, 0.717) is 0 Å². The third-order valence-electron chi connectivity index (χ3n) is 0.930. The molecular formula is C7H11NS. The molecule has 50 valence electrons. The number of hydrogen-bond acceptors (Lipinski definition) is 2. The van der Waals surface area contributed by atoms with E-state index in [9.17, 15) is 0 Å². The predicted molar refractivity (Wildman–Crippen MR) is 42.3 cm³/mol. The Morgan fingerprint density at radius 3 is 2.89 bits per heavy atom. The molecular weight excluding hydrogens is 130 g/mol. The standard InChI is InChI=1S/C7H11NS/c1-3-5-9-7(4-2)6-8/h3,7H,1,4-5H2,2H3. The van der Waals surface area contributed by atoms with Crippen LogP contribution in [0, 0.1) is 11.3 Å². The molecule has 0 spiro atoms. The summed E-state index contributed by atoms with van der Waals surface area (Å²) in [5.41, 5.74) is 0. The first-order valence-corrected chi connectivity index (χ1v) is 4.02. The van der Waals surface area contributed by atoms with Crippen LogP contribution in [0.3, 0.4) is 0 Å². The second-order valence-corrected chi connectivity index (χ2v) is 2.88. The lowest BCUT2D eigenvalue weighted by molar-refractivity contribution is 0.987. The van der Waals surface area contributed by atoms with Crippen LogP contribution in [0.15, 0.2) is 12.7 Å². The largest absolute Gasteiger partial charge is 0.197 e. The molecule has 0 N–H and O–H groups in total. The maximum Gasteiger partial charge on any atom is 0.0917 e. The number of thioether (sulfide) groups is 1. The highest BCUT2D eigenvalue weighted by atomic mass is 32.2. The molecule has 0 aliphatic carbocycles. The van der Waals surface area contributed by atoms with E-state index in [4.69, 9.17) is 5.26 Å². The Morgan fingerprint density at radius 1 is 1.89 bits per heavy atom. The first-order chi connectivity index (χ1) is 4.35. The van der Waals surface area contributed by atoms with Gasteiger partial charge in [0.25, 0.3) is 0 Å². The molecule has 2 heteroatoms. The summed E-state index contributed by atoms with van der Waals surface area (Å²) in [7, 11) is 0. The quantitative estimate of drug-likeness (QED) is 0.560. The Morgan fingerprint density at radius 2 is 2.56 bits per heavy atom. The topological polar surface area (TPSA) is 23.8 Å². The van der Waals surface area contributed by atoms with Gasteiger partial charge in [0.15, 0.2) is 0 Å². The first kappa shape index (κ1) is 8.58. The fourth-order valence-electron chi connectivity index (χ4n) is 0.431. The summed E-state index contributed by atoms with van der Waals surface area (Å²) in [6.07, 6.45) is 2.75. The van der Waals surface area contributed by atoms with Gasteiger partial charge >= 0.3 is 0 Å². The molecule has 0 rings (SSSR count). The first-order valence-electron chi connectivity index (χ1n) is 2.97. The molecule has 1 atom stereocenters. The fourth-order valence-corrected chi connectivity index (χ4v) is 1.11. The van der Waals surface area contributed by atoms with Crippen molar-refractivity contribution in [2.24, 2.45) is 0 Å². The van der Waals surface area contributed by atoms with Gasteiger partial charge in [-0.25, -0.2) is 0 Å². The molecule has 0 aromatic heterocycles. The summed E-state index contributed by atoms with van der Waals surface area (Å²) in [5, 5.41) is 8.60. The van der Waals surface area contributed by atoms with E-state index in [0.717, 1.165) is 12.2 Å². The molecule has 0 saturated heterocycles. The Hall–Kier alpha value is -0.420. The van der Waals surface area contributed by atoms with Crippen LogP contribution in [0.5, 0.6) is 0 Å². The van der Waals surface area contributed by atoms with Crippen molar-refractivity contribution in [3.63, 3.8) is 0 Å². The van der Waals surface area contributed by atoms with Gasteiger partial charge < -0.3 is 0 Å². The van der Waals surface area contributed by atoms with E-state index < -0.39 is 0 Å². The normalized spacial score (nSPS) is 12.0. The minimum atomic E-state index is 0.156. The van der Waals surface area contributed by atoms with Crippen molar-refractivity contribution in [1.82, 2.24) is 0 Å². The van der Waals surface area contributed by atoms with Crippen molar-refractivity contribution in [3.05, 3.63) is 12.7 Å². The van der Waals surface area contributed by atoms with Crippen LogP contribution in [0.2, 0.25) is 0 Å². The van der Waals surface area contributed by atoms with Crippen molar-refractivity contribution in [1.29, 1.82) is 5.26 Å². The molecule has 0 amide bonds. The number of hydrogen-bond donors (Lipinski definition) is 0. The monoisotopic (exact) mass is 141 g/mol. The highest BCUT2D eigenvalue weighted by molar-refractivity contribution is 8.00. The minimum absolute atomic E-state index is 0.156. The highest BCUT2D eigenvalue weighted by Gasteiger charge is 2.00. The summed E-state index contributed by atoms with van der Waals surface area (Å²) in [6.45, 7) is 5.59. The lowest BCUT2D eigenvalue weighted by Crippen LogP contribution is -1.95. The van der Waals surface area contributed by atoms with Gasteiger partial charge in [-0.1, -0.05) is 13.0 Å². The van der Waals surface area contributed by atoms with Crippen LogP contribution < -0.4 is 0 Å². The Bertz CT molecular complexity index is 115. The Kier molecular flexibility index (Phi) is 5.45. The Balaban J connectivity index is 3.34. The van der Waals surface area contributed by atoms with Crippen molar-refractivity contribution < 1.29 is 0 Å². The molecule has 0 saturated carbocycles. The van der Waals surface area contributed by atoms with Gasteiger partial charge in [-0.2, -0.15) is 5.26 Å². The van der Waals surface area contributed by atoms with Crippen molar-refractivity contribution in [3.8, 4) is 6.07 Å². The van der Waals surface area contributed by atoms with E-state index in [1.807, 2.05) is 13.0 Å². The van der Waals surface area contributed by atoms with Gasteiger partial charge in [0.1, 0.15) is 0 Å². The fraction of sp³-hybridized carbons (Fsp3) is 0.571. The zero-order valence-electron chi connectivity index (χ0n) is 5.63. The van der Waals surface area contributed by atoms with Gasteiger partial charge in [0, 0.05) is 5.75 Å². The van der Waals surface area contributed by atoms with Crippen LogP contribution in [0.25, 0.3) is 0 Å². The van der Waals surface area contributed by atoms with Crippen LogP contribution in [-0.2, 0) is 0 Å². The second kappa shape index (κ2) is 5.71. The lowest BCUT2D eigenvalue weighted by Gasteiger charge is -2.00. The number of nitriles is 1. The van der Waals surface area contributed by atoms with Gasteiger partial charge in [0.2, 0.25) is 0 Å². The van der Waals surface area contributed by atoms with Crippen LogP contribution in [0.1, 0.15) is 13.3 Å². The van der Waals surface area contributed by atoms with E-state index in [1.54, 1.807) is 11.8 Å². The molecule has 0 aliphatic rings. The van der Waals surface area contributed by atoms with Crippen molar-refractivity contribution in [2.75, 3.05) is 5.75 Å². The van der Waals surface area contributed by atoms with E-state index in [1.165, 1.54) is 0 Å². The average Bonchev–Trinajstić information content (AvgIpc) is 1.91. The molecule has 1 nitrogen and oxygen atoms in total. The maximum absolute atomic E-state index is 8.45. The van der Waals surface area contributed by atoms with E-state index in [-0.39, 0.29) is 5.25 Å². The van der Waals surface area contributed by atoms with Crippen molar-refractivity contribution in [2.45, 2.75) is 18.6 Å². The summed E-state index contributed by atoms with van der Waals surface area (Å²) < 4.78 is 0. The molecule has 0 fully saturated rings. The smallest absolute Gasteiger partial charge is 0.0917 e. The summed E-state index contributed by atoms with van der Waals surface area (Å²) >= 11 is 1.64. The highest BCUT2D eigenvalue weighted by Crippen LogP contribution is 2.12. The second-order valence-electron chi connectivity index (χ2n) is 1.65. The zero-order valence-corrected chi connectivity index (χ0v) is 6.45. The molecule has 0 radical (unpaired) electrons. The number of rotatable bonds is 4. The predicted octanol–water partition coefficient (Wildman–Crippen LogP) is 2.21. The molecule has 0 aromatic rings. The minimum Gasteiger partial charge on any atom is -0.197 e. The molecule has 0 heterocycles. The summed E-state index contributed by atoms with van der Waals surface area (Å²) in [6, 6.07) is 2.20. The third-order valence-corrected chi connectivity index (χ3v) is 2.20. The summed E-state index contributed by atoms with van der Waals surface area (Å²) in [5.74, 6) is 0.881. The van der Waals surface area contributed by atoms with Gasteiger partial charge in [0.05, 0.1) is 11.3 Å². The van der Waals surface area contributed by atoms with Crippen LogP contribution in [-0.4, -0.2) is 11.0 Å². The molecule has 9 heavy (non-hydrogen) atoms. The number of nitrogens with zero attached hydrogens (tertiary/aromatic N) is 1. The zero-order chi connectivity index (χ0) is 7.11. The summed E-state index contributed by atoms with van der Waals surface area (Å²) in [4.78, 5) is 0. The lowest BCUT2D eigenvalue weighted by atomic mass is 10.4. The van der Waals surface area contributed by atoms with Gasteiger partial charge in [-0.3, -0.25) is 0 Å². The van der Waals surface area contributed by atoms with Gasteiger partial charge in [-0.05, 0) is 6.42 Å². The van der Waals surface area contributed by atoms with E-state index >= 15 is 0 Å². The third kappa shape index (κ3) is 4.11. The van der Waals surface area contributed by atoms with Crippen LogP contribution in [0.4, 0.5) is 0 Å². The molecule has 1 unspecified atom stereocenters. The molecule has 0 bridgehead atoms. The maximum atomic E-state index is 8.45. The van der Waals surface area contributed by atoms with Gasteiger partial charge in [-0.15, -0.1) is 18.3 Å². The molecule has 0 aromatic carbocycles. The average molecular weight is 141 g/mol. The Labute approximate surface area is 60.8 Å². The van der Waals surface area contributed by atoms with Crippen LogP contribution >= 0.6 is 11.8 Å². The SMILES string of the molecule is C=CCSC(C#N)CC.